The second-order valence-electron chi connectivity index (χ2n) is 4.22. The SMILES string of the molecule is Cc1ccc2nc(NCCN(C)C)sc2c1. The summed E-state index contributed by atoms with van der Waals surface area (Å²) in [5, 5.41) is 4.37. The van der Waals surface area contributed by atoms with Crippen LogP contribution in [0.5, 0.6) is 0 Å². The summed E-state index contributed by atoms with van der Waals surface area (Å²) in [5.41, 5.74) is 2.37. The van der Waals surface area contributed by atoms with Gasteiger partial charge in [-0.1, -0.05) is 17.4 Å². The molecular weight excluding hydrogens is 218 g/mol. The van der Waals surface area contributed by atoms with Gasteiger partial charge >= 0.3 is 0 Å². The molecular formula is C12H17N3S. The van der Waals surface area contributed by atoms with Crippen molar-refractivity contribution in [2.24, 2.45) is 0 Å². The predicted molar refractivity (Wildman–Crippen MR) is 71.4 cm³/mol. The maximum absolute atomic E-state index is 4.54. The Hall–Kier alpha value is -1.13. The Morgan fingerprint density at radius 3 is 2.94 bits per heavy atom. The van der Waals surface area contributed by atoms with Gasteiger partial charge in [0.2, 0.25) is 0 Å². The second kappa shape index (κ2) is 4.80. The third-order valence-corrected chi connectivity index (χ3v) is 3.36. The van der Waals surface area contributed by atoms with Gasteiger partial charge in [0.1, 0.15) is 0 Å². The molecule has 0 saturated carbocycles. The van der Waals surface area contributed by atoms with E-state index in [4.69, 9.17) is 0 Å². The minimum atomic E-state index is 0.936. The number of anilines is 1. The number of nitrogens with zero attached hydrogens (tertiary/aromatic N) is 2. The van der Waals surface area contributed by atoms with Gasteiger partial charge in [0.15, 0.2) is 5.13 Å². The van der Waals surface area contributed by atoms with Gasteiger partial charge in [-0.25, -0.2) is 4.98 Å². The van der Waals surface area contributed by atoms with Crippen molar-refractivity contribution in [1.29, 1.82) is 0 Å². The standard InChI is InChI=1S/C12H17N3S/c1-9-4-5-10-11(8-9)16-12(14-10)13-6-7-15(2)3/h4-5,8H,6-7H2,1-3H3,(H,13,14). The van der Waals surface area contributed by atoms with Gasteiger partial charge in [-0.3, -0.25) is 0 Å². The summed E-state index contributed by atoms with van der Waals surface area (Å²) in [6, 6.07) is 6.37. The van der Waals surface area contributed by atoms with Gasteiger partial charge < -0.3 is 10.2 Å². The third-order valence-electron chi connectivity index (χ3n) is 2.38. The minimum absolute atomic E-state index is 0.936. The van der Waals surface area contributed by atoms with Crippen molar-refractivity contribution < 1.29 is 0 Å². The Kier molecular flexibility index (Phi) is 3.41. The van der Waals surface area contributed by atoms with Crippen LogP contribution in [-0.2, 0) is 0 Å². The topological polar surface area (TPSA) is 28.2 Å². The molecule has 3 nitrogen and oxygen atoms in total. The lowest BCUT2D eigenvalue weighted by Crippen LogP contribution is -2.20. The van der Waals surface area contributed by atoms with Crippen LogP contribution in [0.2, 0.25) is 0 Å². The molecule has 0 unspecified atom stereocenters. The maximum Gasteiger partial charge on any atom is 0.183 e. The molecule has 1 N–H and O–H groups in total. The predicted octanol–water partition coefficient (Wildman–Crippen LogP) is 2.58. The quantitative estimate of drug-likeness (QED) is 0.883. The van der Waals surface area contributed by atoms with E-state index in [0.29, 0.717) is 0 Å². The Bertz CT molecular complexity index is 476. The van der Waals surface area contributed by atoms with Crippen LogP contribution in [0.25, 0.3) is 10.2 Å². The van der Waals surface area contributed by atoms with Crippen molar-refractivity contribution in [2.45, 2.75) is 6.92 Å². The molecule has 0 aliphatic rings. The highest BCUT2D eigenvalue weighted by molar-refractivity contribution is 7.22. The molecule has 4 heteroatoms. The Balaban J connectivity index is 2.08. The van der Waals surface area contributed by atoms with Gasteiger partial charge in [-0.2, -0.15) is 0 Å². The largest absolute Gasteiger partial charge is 0.360 e. The van der Waals surface area contributed by atoms with Crippen LogP contribution >= 0.6 is 11.3 Å². The Morgan fingerprint density at radius 2 is 2.19 bits per heavy atom. The molecule has 0 aliphatic heterocycles. The van der Waals surface area contributed by atoms with E-state index in [0.717, 1.165) is 23.7 Å². The van der Waals surface area contributed by atoms with Gasteiger partial charge in [0.25, 0.3) is 0 Å². The van der Waals surface area contributed by atoms with Crippen molar-refractivity contribution in [2.75, 3.05) is 32.5 Å². The zero-order valence-electron chi connectivity index (χ0n) is 9.95. The van der Waals surface area contributed by atoms with Crippen LogP contribution in [0.3, 0.4) is 0 Å². The average Bonchev–Trinajstić information content (AvgIpc) is 2.58. The van der Waals surface area contributed by atoms with E-state index >= 15 is 0 Å². The summed E-state index contributed by atoms with van der Waals surface area (Å²) in [4.78, 5) is 6.70. The first-order valence-electron chi connectivity index (χ1n) is 5.41. The molecule has 0 radical (unpaired) electrons. The highest BCUT2D eigenvalue weighted by Gasteiger charge is 2.02. The fourth-order valence-electron chi connectivity index (χ4n) is 1.49. The molecule has 0 saturated heterocycles. The molecule has 0 fully saturated rings. The average molecular weight is 235 g/mol. The lowest BCUT2D eigenvalue weighted by atomic mass is 10.2. The molecule has 1 aromatic heterocycles. The molecule has 0 aliphatic carbocycles. The van der Waals surface area contributed by atoms with E-state index < -0.39 is 0 Å². The van der Waals surface area contributed by atoms with E-state index in [2.05, 4.69) is 54.4 Å². The molecule has 86 valence electrons. The molecule has 2 rings (SSSR count). The first kappa shape index (κ1) is 11.4. The molecule has 0 amide bonds. The van der Waals surface area contributed by atoms with Crippen molar-refractivity contribution in [1.82, 2.24) is 9.88 Å². The molecule has 0 atom stereocenters. The zero-order valence-corrected chi connectivity index (χ0v) is 10.8. The van der Waals surface area contributed by atoms with Crippen molar-refractivity contribution in [3.8, 4) is 0 Å². The maximum atomic E-state index is 4.54. The van der Waals surface area contributed by atoms with Crippen LogP contribution in [0.15, 0.2) is 18.2 Å². The lowest BCUT2D eigenvalue weighted by Gasteiger charge is -2.08. The Morgan fingerprint density at radius 1 is 1.38 bits per heavy atom. The summed E-state index contributed by atoms with van der Waals surface area (Å²) < 4.78 is 1.26. The van der Waals surface area contributed by atoms with Crippen molar-refractivity contribution in [3.63, 3.8) is 0 Å². The van der Waals surface area contributed by atoms with Gasteiger partial charge in [0, 0.05) is 13.1 Å². The van der Waals surface area contributed by atoms with Gasteiger partial charge in [-0.05, 0) is 38.7 Å². The van der Waals surface area contributed by atoms with Crippen LogP contribution in [0, 0.1) is 6.92 Å². The van der Waals surface area contributed by atoms with Gasteiger partial charge in [0.05, 0.1) is 10.2 Å². The number of benzene rings is 1. The molecule has 16 heavy (non-hydrogen) atoms. The number of hydrogen-bond donors (Lipinski definition) is 1. The number of aromatic nitrogens is 1. The van der Waals surface area contributed by atoms with E-state index in [1.165, 1.54) is 10.3 Å². The fourth-order valence-corrected chi connectivity index (χ4v) is 2.48. The zero-order chi connectivity index (χ0) is 11.5. The smallest absolute Gasteiger partial charge is 0.183 e. The summed E-state index contributed by atoms with van der Waals surface area (Å²) in [7, 11) is 4.15. The molecule has 0 bridgehead atoms. The second-order valence-corrected chi connectivity index (χ2v) is 5.25. The number of nitrogens with one attached hydrogen (secondary N) is 1. The number of aryl methyl sites for hydroxylation is 1. The number of rotatable bonds is 4. The van der Waals surface area contributed by atoms with Crippen LogP contribution in [0.1, 0.15) is 5.56 Å². The lowest BCUT2D eigenvalue weighted by molar-refractivity contribution is 0.425. The van der Waals surface area contributed by atoms with E-state index in [1.807, 2.05) is 0 Å². The highest BCUT2D eigenvalue weighted by atomic mass is 32.1. The monoisotopic (exact) mass is 235 g/mol. The number of hydrogen-bond acceptors (Lipinski definition) is 4. The summed E-state index contributed by atoms with van der Waals surface area (Å²) in [5.74, 6) is 0. The summed E-state index contributed by atoms with van der Waals surface area (Å²) >= 11 is 1.72. The molecule has 0 spiro atoms. The molecule has 1 heterocycles. The van der Waals surface area contributed by atoms with Crippen LogP contribution in [0.4, 0.5) is 5.13 Å². The normalized spacial score (nSPS) is 11.2. The summed E-state index contributed by atoms with van der Waals surface area (Å²) in [6.45, 7) is 4.07. The third kappa shape index (κ3) is 2.71. The van der Waals surface area contributed by atoms with Crippen molar-refractivity contribution >= 4 is 26.7 Å². The minimum Gasteiger partial charge on any atom is -0.360 e. The van der Waals surface area contributed by atoms with Gasteiger partial charge in [-0.15, -0.1) is 0 Å². The van der Waals surface area contributed by atoms with E-state index in [-0.39, 0.29) is 0 Å². The summed E-state index contributed by atoms with van der Waals surface area (Å²) in [6.07, 6.45) is 0. The fraction of sp³-hybridized carbons (Fsp3) is 0.417. The number of fused-ring (bicyclic) bond motifs is 1. The van der Waals surface area contributed by atoms with E-state index in [9.17, 15) is 0 Å². The molecule has 2 aromatic rings. The molecule has 1 aromatic carbocycles. The first-order chi connectivity index (χ1) is 7.65. The van der Waals surface area contributed by atoms with E-state index in [1.54, 1.807) is 11.3 Å². The number of thiazole rings is 1. The Labute approximate surface area is 100 Å². The highest BCUT2D eigenvalue weighted by Crippen LogP contribution is 2.26. The van der Waals surface area contributed by atoms with Crippen molar-refractivity contribution in [3.05, 3.63) is 23.8 Å². The number of likely N-dealkylation sites (N-methyl/N-ethyl adjacent to an activating group) is 1. The van der Waals surface area contributed by atoms with Crippen LogP contribution < -0.4 is 5.32 Å². The van der Waals surface area contributed by atoms with Crippen LogP contribution in [-0.4, -0.2) is 37.1 Å². The first-order valence-corrected chi connectivity index (χ1v) is 6.22.